The van der Waals surface area contributed by atoms with E-state index in [4.69, 9.17) is 21.1 Å². The smallest absolute Gasteiger partial charge is 0.343 e. The number of fused-ring (bicyclic) bond motifs is 1. The van der Waals surface area contributed by atoms with Crippen molar-refractivity contribution in [2.75, 3.05) is 6.61 Å². The molecule has 6 nitrogen and oxygen atoms in total. The van der Waals surface area contributed by atoms with Crippen molar-refractivity contribution in [3.8, 4) is 5.75 Å². The zero-order valence-corrected chi connectivity index (χ0v) is 13.9. The number of pyridine rings is 1. The van der Waals surface area contributed by atoms with Crippen molar-refractivity contribution in [3.05, 3.63) is 62.3 Å². The van der Waals surface area contributed by atoms with E-state index < -0.39 is 29.2 Å². The number of nitrogens with one attached hydrogen (secondary N) is 1. The molecule has 130 valence electrons. The summed E-state index contributed by atoms with van der Waals surface area (Å²) in [5.41, 5.74) is -0.111. The number of ether oxygens (including phenoxy) is 2. The number of aromatic nitrogens is 1. The van der Waals surface area contributed by atoms with Crippen LogP contribution in [-0.4, -0.2) is 23.5 Å². The Morgan fingerprint density at radius 2 is 2.20 bits per heavy atom. The second kappa shape index (κ2) is 6.68. The van der Waals surface area contributed by atoms with E-state index in [-0.39, 0.29) is 34.9 Å². The van der Waals surface area contributed by atoms with Crippen molar-refractivity contribution in [1.29, 1.82) is 0 Å². The predicted octanol–water partition coefficient (Wildman–Crippen LogP) is 2.79. The third-order valence-electron chi connectivity index (χ3n) is 3.85. The number of hydrogen-bond donors (Lipinski definition) is 1. The first-order valence-corrected chi connectivity index (χ1v) is 7.88. The number of aromatic amines is 1. The lowest BCUT2D eigenvalue weighted by molar-refractivity contribution is -0.135. The molecule has 0 bridgehead atoms. The van der Waals surface area contributed by atoms with Crippen LogP contribution in [-0.2, 0) is 9.53 Å². The maximum absolute atomic E-state index is 13.3. The van der Waals surface area contributed by atoms with E-state index in [1.807, 2.05) is 0 Å². The lowest BCUT2D eigenvalue weighted by atomic mass is 9.86. The molecule has 2 aromatic rings. The van der Waals surface area contributed by atoms with Crippen molar-refractivity contribution in [2.24, 2.45) is 0 Å². The highest BCUT2D eigenvalue weighted by molar-refractivity contribution is 6.31. The normalized spacial score (nSPS) is 16.1. The molecule has 1 aromatic heterocycles. The van der Waals surface area contributed by atoms with E-state index in [9.17, 15) is 18.8 Å². The molecule has 1 aliphatic rings. The van der Waals surface area contributed by atoms with E-state index in [1.165, 1.54) is 12.1 Å². The summed E-state index contributed by atoms with van der Waals surface area (Å²) in [5, 5.41) is 0.0755. The van der Waals surface area contributed by atoms with Gasteiger partial charge in [-0.15, -0.1) is 0 Å². The molecule has 0 aliphatic carbocycles. The summed E-state index contributed by atoms with van der Waals surface area (Å²) in [6.45, 7) is 1.75. The Kier molecular flexibility index (Phi) is 4.59. The van der Waals surface area contributed by atoms with Crippen molar-refractivity contribution >= 4 is 23.5 Å². The molecule has 0 amide bonds. The van der Waals surface area contributed by atoms with E-state index >= 15 is 0 Å². The lowest BCUT2D eigenvalue weighted by Gasteiger charge is -2.25. The third-order valence-corrected chi connectivity index (χ3v) is 4.18. The molecule has 0 radical (unpaired) electrons. The summed E-state index contributed by atoms with van der Waals surface area (Å²) in [7, 11) is 0. The fourth-order valence-corrected chi connectivity index (χ4v) is 3.09. The maximum atomic E-state index is 13.3. The molecule has 8 heteroatoms. The average Bonchev–Trinajstić information content (AvgIpc) is 2.54. The van der Waals surface area contributed by atoms with Crippen LogP contribution >= 0.6 is 11.6 Å². The number of carbonyl (C=O) groups is 2. The fraction of sp³-hybridized carbons (Fsp3) is 0.235. The van der Waals surface area contributed by atoms with Gasteiger partial charge in [-0.2, -0.15) is 0 Å². The van der Waals surface area contributed by atoms with Gasteiger partial charge in [-0.05, 0) is 24.6 Å². The van der Waals surface area contributed by atoms with Crippen LogP contribution in [0.1, 0.15) is 40.7 Å². The number of esters is 2. The number of carbonyl (C=O) groups excluding carboxylic acids is 2. The predicted molar refractivity (Wildman–Crippen MR) is 86.5 cm³/mol. The number of halogens is 2. The molecular formula is C17H13ClFNO5. The second-order valence-electron chi connectivity index (χ2n) is 5.39. The van der Waals surface area contributed by atoms with Gasteiger partial charge in [-0.3, -0.25) is 9.59 Å². The first-order valence-electron chi connectivity index (χ1n) is 7.50. The van der Waals surface area contributed by atoms with Crippen LogP contribution in [0.15, 0.2) is 29.2 Å². The summed E-state index contributed by atoms with van der Waals surface area (Å²) in [5.74, 6) is -2.81. The standard InChI is InChI=1S/C17H13ClFNO5/c1-2-24-17(23)11-7-20-16(22)14-10(6-13(21)25-15(11)14)9-4-3-8(19)5-12(9)18/h3-5,7,10H,2,6H2,1H3,(H,20,22)/t10-/m0/s1. The van der Waals surface area contributed by atoms with Crippen LogP contribution in [0.5, 0.6) is 5.75 Å². The largest absolute Gasteiger partial charge is 0.462 e. The zero-order valence-electron chi connectivity index (χ0n) is 13.1. The van der Waals surface area contributed by atoms with Gasteiger partial charge in [-0.25, -0.2) is 9.18 Å². The van der Waals surface area contributed by atoms with Gasteiger partial charge in [0, 0.05) is 17.1 Å². The molecule has 0 saturated carbocycles. The van der Waals surface area contributed by atoms with E-state index in [1.54, 1.807) is 6.92 Å². The summed E-state index contributed by atoms with van der Waals surface area (Å²) in [4.78, 5) is 38.9. The van der Waals surface area contributed by atoms with Crippen molar-refractivity contribution in [2.45, 2.75) is 19.3 Å². The molecule has 3 rings (SSSR count). The van der Waals surface area contributed by atoms with Gasteiger partial charge >= 0.3 is 11.9 Å². The summed E-state index contributed by atoms with van der Waals surface area (Å²) >= 11 is 6.09. The molecule has 0 fully saturated rings. The van der Waals surface area contributed by atoms with Gasteiger partial charge in [0.1, 0.15) is 11.4 Å². The monoisotopic (exact) mass is 365 g/mol. The Balaban J connectivity index is 2.21. The van der Waals surface area contributed by atoms with E-state index in [0.717, 1.165) is 12.3 Å². The van der Waals surface area contributed by atoms with Crippen molar-refractivity contribution in [3.63, 3.8) is 0 Å². The molecule has 1 aliphatic heterocycles. The van der Waals surface area contributed by atoms with E-state index in [0.29, 0.717) is 5.56 Å². The molecule has 2 heterocycles. The van der Waals surface area contributed by atoms with Gasteiger partial charge in [0.25, 0.3) is 5.56 Å². The van der Waals surface area contributed by atoms with Gasteiger partial charge in [0.2, 0.25) is 0 Å². The Labute approximate surface area is 146 Å². The topological polar surface area (TPSA) is 85.5 Å². The second-order valence-corrected chi connectivity index (χ2v) is 5.80. The van der Waals surface area contributed by atoms with Crippen LogP contribution in [0.4, 0.5) is 4.39 Å². The minimum Gasteiger partial charge on any atom is -0.462 e. The SMILES string of the molecule is CCOC(=O)c1c[nH]c(=O)c2c1OC(=O)C[C@H]2c1ccc(F)cc1Cl. The highest BCUT2D eigenvalue weighted by Crippen LogP contribution is 2.40. The molecule has 0 saturated heterocycles. The Hall–Kier alpha value is -2.67. The number of benzene rings is 1. The minimum atomic E-state index is -0.762. The van der Waals surface area contributed by atoms with Crippen LogP contribution in [0.25, 0.3) is 0 Å². The fourth-order valence-electron chi connectivity index (χ4n) is 2.79. The van der Waals surface area contributed by atoms with Crippen LogP contribution in [0.2, 0.25) is 5.02 Å². The molecular weight excluding hydrogens is 353 g/mol. The third kappa shape index (κ3) is 3.15. The number of rotatable bonds is 3. The Bertz CT molecular complexity index is 924. The van der Waals surface area contributed by atoms with Crippen LogP contribution < -0.4 is 10.3 Å². The highest BCUT2D eigenvalue weighted by Gasteiger charge is 2.35. The van der Waals surface area contributed by atoms with Gasteiger partial charge in [0.15, 0.2) is 5.75 Å². The average molecular weight is 366 g/mol. The number of H-pyrrole nitrogens is 1. The van der Waals surface area contributed by atoms with Crippen molar-refractivity contribution in [1.82, 2.24) is 4.98 Å². The molecule has 0 spiro atoms. The van der Waals surface area contributed by atoms with Gasteiger partial charge < -0.3 is 14.5 Å². The van der Waals surface area contributed by atoms with Crippen LogP contribution in [0.3, 0.4) is 0 Å². The molecule has 25 heavy (non-hydrogen) atoms. The Morgan fingerprint density at radius 3 is 2.88 bits per heavy atom. The van der Waals surface area contributed by atoms with E-state index in [2.05, 4.69) is 4.98 Å². The molecule has 1 N–H and O–H groups in total. The van der Waals surface area contributed by atoms with Gasteiger partial charge in [0.05, 0.1) is 18.6 Å². The number of hydrogen-bond acceptors (Lipinski definition) is 5. The molecule has 1 atom stereocenters. The summed E-state index contributed by atoms with van der Waals surface area (Å²) in [6, 6.07) is 3.69. The first-order chi connectivity index (χ1) is 11.9. The van der Waals surface area contributed by atoms with Crippen LogP contribution in [0, 0.1) is 5.82 Å². The zero-order chi connectivity index (χ0) is 18.1. The lowest BCUT2D eigenvalue weighted by Crippen LogP contribution is -2.30. The molecule has 0 unspecified atom stereocenters. The summed E-state index contributed by atoms with van der Waals surface area (Å²) < 4.78 is 23.4. The quantitative estimate of drug-likeness (QED) is 0.845. The maximum Gasteiger partial charge on any atom is 0.343 e. The molecule has 1 aromatic carbocycles. The minimum absolute atomic E-state index is 0.0623. The van der Waals surface area contributed by atoms with Crippen molar-refractivity contribution < 1.29 is 23.5 Å². The summed E-state index contributed by atoms with van der Waals surface area (Å²) in [6.07, 6.45) is 0.981. The first kappa shape index (κ1) is 17.2. The van der Waals surface area contributed by atoms with Gasteiger partial charge in [-0.1, -0.05) is 17.7 Å². The highest BCUT2D eigenvalue weighted by atomic mass is 35.5. The Morgan fingerprint density at radius 1 is 1.44 bits per heavy atom.